The van der Waals surface area contributed by atoms with E-state index in [4.69, 9.17) is 0 Å². The second-order valence-electron chi connectivity index (χ2n) is 10.7. The van der Waals surface area contributed by atoms with Crippen molar-refractivity contribution in [1.82, 2.24) is 15.1 Å². The number of fused-ring (bicyclic) bond motifs is 1. The van der Waals surface area contributed by atoms with Crippen LogP contribution in [0.15, 0.2) is 54.6 Å². The number of carbonyl (C=O) groups is 4. The van der Waals surface area contributed by atoms with Crippen LogP contribution in [0.25, 0.3) is 0 Å². The van der Waals surface area contributed by atoms with Crippen LogP contribution in [0.1, 0.15) is 73.2 Å². The summed E-state index contributed by atoms with van der Waals surface area (Å²) >= 11 is 0. The second kappa shape index (κ2) is 10.2. The first kappa shape index (κ1) is 25.6. The molecule has 2 heterocycles. The van der Waals surface area contributed by atoms with Crippen molar-refractivity contribution in [2.24, 2.45) is 0 Å². The molecule has 0 saturated carbocycles. The third kappa shape index (κ3) is 5.06. The van der Waals surface area contributed by atoms with Gasteiger partial charge in [0.1, 0.15) is 12.1 Å². The molecule has 0 aliphatic carbocycles. The van der Waals surface area contributed by atoms with Crippen LogP contribution in [0.3, 0.4) is 0 Å². The Morgan fingerprint density at radius 2 is 1.64 bits per heavy atom. The number of hydrogen-bond donors (Lipinski definition) is 1. The number of amides is 3. The van der Waals surface area contributed by atoms with E-state index in [1.165, 1.54) is 0 Å². The number of hydrogen-bond acceptors (Lipinski definition) is 4. The maximum Gasteiger partial charge on any atom is 0.254 e. The fourth-order valence-corrected chi connectivity index (χ4v) is 5.20. The number of Topliss-reactive ketones (excluding diaryl/α,β-unsaturated/α-hetero) is 1. The van der Waals surface area contributed by atoms with Crippen LogP contribution in [0.5, 0.6) is 0 Å². The van der Waals surface area contributed by atoms with Gasteiger partial charge in [0.15, 0.2) is 5.78 Å². The fraction of sp³-hybridized carbons (Fsp3) is 0.448. The number of likely N-dealkylation sites (tertiary alicyclic amines) is 2. The van der Waals surface area contributed by atoms with Gasteiger partial charge in [0.25, 0.3) is 11.8 Å². The zero-order valence-corrected chi connectivity index (χ0v) is 21.5. The molecule has 7 heteroatoms. The van der Waals surface area contributed by atoms with E-state index in [9.17, 15) is 19.2 Å². The maximum atomic E-state index is 13.6. The highest BCUT2D eigenvalue weighted by molar-refractivity contribution is 6.03. The number of ketones is 1. The predicted molar refractivity (Wildman–Crippen MR) is 138 cm³/mol. The van der Waals surface area contributed by atoms with Gasteiger partial charge in [-0.05, 0) is 48.1 Å². The van der Waals surface area contributed by atoms with Crippen molar-refractivity contribution >= 4 is 23.5 Å². The predicted octanol–water partition coefficient (Wildman–Crippen LogP) is 3.58. The summed E-state index contributed by atoms with van der Waals surface area (Å²) in [4.78, 5) is 55.8. The van der Waals surface area contributed by atoms with E-state index < -0.39 is 12.1 Å². The summed E-state index contributed by atoms with van der Waals surface area (Å²) in [7, 11) is 0. The Morgan fingerprint density at radius 3 is 2.25 bits per heavy atom. The zero-order valence-electron chi connectivity index (χ0n) is 21.5. The number of nitrogens with zero attached hydrogens (tertiary/aromatic N) is 2. The minimum Gasteiger partial charge on any atom is -0.340 e. The number of benzene rings is 2. The van der Waals surface area contributed by atoms with Crippen molar-refractivity contribution < 1.29 is 19.2 Å². The molecular weight excluding hydrogens is 454 g/mol. The van der Waals surface area contributed by atoms with Crippen molar-refractivity contribution in [3.05, 3.63) is 71.3 Å². The summed E-state index contributed by atoms with van der Waals surface area (Å²) in [6.07, 6.45) is 1.72. The summed E-state index contributed by atoms with van der Waals surface area (Å²) in [5.41, 5.74) is 2.13. The lowest BCUT2D eigenvalue weighted by atomic mass is 9.86. The van der Waals surface area contributed by atoms with Crippen LogP contribution in [0, 0.1) is 0 Å². The van der Waals surface area contributed by atoms with Crippen LogP contribution >= 0.6 is 0 Å². The molecule has 7 nitrogen and oxygen atoms in total. The Morgan fingerprint density at radius 1 is 0.972 bits per heavy atom. The molecule has 1 N–H and O–H groups in total. The summed E-state index contributed by atoms with van der Waals surface area (Å²) in [6.45, 7) is 8.67. The van der Waals surface area contributed by atoms with Gasteiger partial charge < -0.3 is 15.1 Å². The summed E-state index contributed by atoms with van der Waals surface area (Å²) in [6, 6.07) is 14.6. The summed E-state index contributed by atoms with van der Waals surface area (Å²) in [5.74, 6) is -0.889. The van der Waals surface area contributed by atoms with Gasteiger partial charge in [0.05, 0.1) is 12.6 Å². The fourth-order valence-electron chi connectivity index (χ4n) is 5.20. The Balaban J connectivity index is 1.47. The Bertz CT molecular complexity index is 1140. The van der Waals surface area contributed by atoms with Crippen LogP contribution in [-0.2, 0) is 15.0 Å². The smallest absolute Gasteiger partial charge is 0.254 e. The van der Waals surface area contributed by atoms with Crippen LogP contribution in [0.4, 0.5) is 0 Å². The highest BCUT2D eigenvalue weighted by Gasteiger charge is 2.52. The zero-order chi connectivity index (χ0) is 26.0. The van der Waals surface area contributed by atoms with Crippen molar-refractivity contribution in [2.45, 2.75) is 70.5 Å². The first-order valence-corrected chi connectivity index (χ1v) is 12.7. The molecule has 0 aromatic heterocycles. The summed E-state index contributed by atoms with van der Waals surface area (Å²) in [5, 5.41) is 2.90. The van der Waals surface area contributed by atoms with Crippen molar-refractivity contribution in [1.29, 1.82) is 0 Å². The Kier molecular flexibility index (Phi) is 7.29. The lowest BCUT2D eigenvalue weighted by molar-refractivity contribution is -0.138. The lowest BCUT2D eigenvalue weighted by Gasteiger charge is -2.28. The molecule has 2 aromatic rings. The highest BCUT2D eigenvalue weighted by Crippen LogP contribution is 2.31. The molecule has 0 radical (unpaired) electrons. The first-order chi connectivity index (χ1) is 17.1. The van der Waals surface area contributed by atoms with Gasteiger partial charge in [0, 0.05) is 17.7 Å². The van der Waals surface area contributed by atoms with Gasteiger partial charge in [-0.15, -0.1) is 0 Å². The Labute approximate surface area is 212 Å². The standard InChI is InChI=1S/C29H35N3O4/c1-5-9-22(30-26(34)19-12-14-21(15-13-19)29(2,3)4)28(36)31-17-16-23-25(31)24(33)18-32(23)27(35)20-10-7-6-8-11-20/h6-8,10-15,22-23,25H,5,9,16-18H2,1-4H3,(H,30,34)/t22-,23?,25?/m0/s1. The van der Waals surface area contributed by atoms with E-state index in [0.717, 1.165) is 5.56 Å². The molecule has 2 aromatic carbocycles. The largest absolute Gasteiger partial charge is 0.340 e. The lowest BCUT2D eigenvalue weighted by Crippen LogP contribution is -2.52. The average molecular weight is 490 g/mol. The molecule has 3 amide bonds. The highest BCUT2D eigenvalue weighted by atomic mass is 16.2. The van der Waals surface area contributed by atoms with Gasteiger partial charge in [-0.2, -0.15) is 0 Å². The van der Waals surface area contributed by atoms with Gasteiger partial charge in [-0.25, -0.2) is 0 Å². The first-order valence-electron chi connectivity index (χ1n) is 12.7. The van der Waals surface area contributed by atoms with Gasteiger partial charge in [-0.3, -0.25) is 19.2 Å². The van der Waals surface area contributed by atoms with E-state index in [1.54, 1.807) is 46.2 Å². The molecular formula is C29H35N3O4. The second-order valence-corrected chi connectivity index (χ2v) is 10.7. The van der Waals surface area contributed by atoms with Gasteiger partial charge in [0.2, 0.25) is 5.91 Å². The molecule has 2 fully saturated rings. The van der Waals surface area contributed by atoms with E-state index >= 15 is 0 Å². The molecule has 4 rings (SSSR count). The van der Waals surface area contributed by atoms with Crippen molar-refractivity contribution in [3.63, 3.8) is 0 Å². The van der Waals surface area contributed by atoms with Crippen LogP contribution in [0.2, 0.25) is 0 Å². The molecule has 190 valence electrons. The summed E-state index contributed by atoms with van der Waals surface area (Å²) < 4.78 is 0. The number of nitrogens with one attached hydrogen (secondary N) is 1. The Hall–Kier alpha value is -3.48. The van der Waals surface area contributed by atoms with Gasteiger partial charge >= 0.3 is 0 Å². The SMILES string of the molecule is CCC[C@H](NC(=O)c1ccc(C(C)(C)C)cc1)C(=O)N1CCC2C1C(=O)CN2C(=O)c1ccccc1. The average Bonchev–Trinajstić information content (AvgIpc) is 3.44. The molecule has 0 spiro atoms. The molecule has 3 atom stereocenters. The van der Waals surface area contributed by atoms with Crippen molar-refractivity contribution in [2.75, 3.05) is 13.1 Å². The maximum absolute atomic E-state index is 13.6. The number of carbonyl (C=O) groups excluding carboxylic acids is 4. The van der Waals surface area contributed by atoms with E-state index in [0.29, 0.717) is 36.9 Å². The minimum absolute atomic E-state index is 0.00221. The topological polar surface area (TPSA) is 86.8 Å². The molecule has 2 unspecified atom stereocenters. The third-order valence-electron chi connectivity index (χ3n) is 7.18. The normalized spacial score (nSPS) is 20.3. The van der Waals surface area contributed by atoms with E-state index in [1.807, 2.05) is 25.1 Å². The molecule has 2 aliphatic rings. The van der Waals surface area contributed by atoms with E-state index in [2.05, 4.69) is 26.1 Å². The quantitative estimate of drug-likeness (QED) is 0.672. The van der Waals surface area contributed by atoms with Gasteiger partial charge in [-0.1, -0.05) is 64.4 Å². The monoisotopic (exact) mass is 489 g/mol. The molecule has 2 saturated heterocycles. The van der Waals surface area contributed by atoms with Crippen LogP contribution < -0.4 is 5.32 Å². The molecule has 0 bridgehead atoms. The minimum atomic E-state index is -0.727. The number of rotatable bonds is 6. The van der Waals surface area contributed by atoms with Crippen LogP contribution in [-0.4, -0.2) is 64.5 Å². The molecule has 36 heavy (non-hydrogen) atoms. The van der Waals surface area contributed by atoms with E-state index in [-0.39, 0.29) is 41.5 Å². The molecule has 2 aliphatic heterocycles. The third-order valence-corrected chi connectivity index (χ3v) is 7.18. The van der Waals surface area contributed by atoms with Crippen molar-refractivity contribution in [3.8, 4) is 0 Å².